The lowest BCUT2D eigenvalue weighted by Crippen LogP contribution is -2.34. The maximum Gasteiger partial charge on any atom is 0.257 e. The summed E-state index contributed by atoms with van der Waals surface area (Å²) >= 11 is 0. The van der Waals surface area contributed by atoms with Crippen LogP contribution in [0.3, 0.4) is 0 Å². The van der Waals surface area contributed by atoms with Crippen LogP contribution in [0.15, 0.2) is 42.6 Å². The molecule has 142 valence electrons. The lowest BCUT2D eigenvalue weighted by Gasteiger charge is -2.21. The van der Waals surface area contributed by atoms with E-state index in [1.807, 2.05) is 42.3 Å². The highest BCUT2D eigenvalue weighted by Gasteiger charge is 2.23. The molecule has 6 nitrogen and oxygen atoms in total. The van der Waals surface area contributed by atoms with E-state index < -0.39 is 0 Å². The monoisotopic (exact) mass is 373 g/mol. The van der Waals surface area contributed by atoms with Gasteiger partial charge in [0.25, 0.3) is 5.91 Å². The van der Waals surface area contributed by atoms with Gasteiger partial charge in [-0.05, 0) is 51.2 Å². The van der Waals surface area contributed by atoms with Crippen molar-refractivity contribution in [1.82, 2.24) is 24.2 Å². The molecule has 4 aromatic rings. The maximum atomic E-state index is 13.5. The standard InChI is InChI=1S/C22H23N5O/c1-15-12-20-16(14-23-15)13-17(22(28)26-9-5-8-25(2)10-11-26)21-24-18-6-3-4-7-19(18)27(20)21/h3-4,6-7,12-14H,5,8-11H2,1-2H3. The molecule has 28 heavy (non-hydrogen) atoms. The fourth-order valence-corrected chi connectivity index (χ4v) is 4.11. The van der Waals surface area contributed by atoms with Crippen LogP contribution in [0, 0.1) is 6.92 Å². The van der Waals surface area contributed by atoms with Crippen LogP contribution in [0.2, 0.25) is 0 Å². The Morgan fingerprint density at radius 3 is 2.79 bits per heavy atom. The first-order valence-electron chi connectivity index (χ1n) is 9.76. The highest BCUT2D eigenvalue weighted by atomic mass is 16.2. The van der Waals surface area contributed by atoms with Gasteiger partial charge < -0.3 is 9.80 Å². The summed E-state index contributed by atoms with van der Waals surface area (Å²) in [7, 11) is 2.11. The molecule has 0 bridgehead atoms. The van der Waals surface area contributed by atoms with E-state index >= 15 is 0 Å². The summed E-state index contributed by atoms with van der Waals surface area (Å²) in [6.07, 6.45) is 2.84. The van der Waals surface area contributed by atoms with Gasteiger partial charge in [0, 0.05) is 36.9 Å². The van der Waals surface area contributed by atoms with E-state index in [1.165, 1.54) is 0 Å². The van der Waals surface area contributed by atoms with Crippen molar-refractivity contribution in [3.05, 3.63) is 53.9 Å². The van der Waals surface area contributed by atoms with Gasteiger partial charge in [-0.25, -0.2) is 4.98 Å². The third-order valence-electron chi connectivity index (χ3n) is 5.63. The summed E-state index contributed by atoms with van der Waals surface area (Å²) in [5.74, 6) is 0.0538. The summed E-state index contributed by atoms with van der Waals surface area (Å²) in [4.78, 5) is 27.0. The predicted octanol–water partition coefficient (Wildman–Crippen LogP) is 3.12. The number of aryl methyl sites for hydroxylation is 1. The van der Waals surface area contributed by atoms with Crippen molar-refractivity contribution in [2.24, 2.45) is 0 Å². The Kier molecular flexibility index (Phi) is 4.02. The van der Waals surface area contributed by atoms with Crippen LogP contribution >= 0.6 is 0 Å². The molecule has 0 N–H and O–H groups in total. The highest BCUT2D eigenvalue weighted by Crippen LogP contribution is 2.27. The minimum atomic E-state index is 0.0538. The van der Waals surface area contributed by atoms with Crippen molar-refractivity contribution in [3.63, 3.8) is 0 Å². The Bertz CT molecular complexity index is 1210. The quantitative estimate of drug-likeness (QED) is 0.514. The maximum absolute atomic E-state index is 13.5. The van der Waals surface area contributed by atoms with Gasteiger partial charge in [-0.2, -0.15) is 0 Å². The van der Waals surface area contributed by atoms with E-state index in [0.29, 0.717) is 5.56 Å². The number of carbonyl (C=O) groups excluding carboxylic acids is 1. The minimum absolute atomic E-state index is 0.0538. The number of amides is 1. The molecule has 5 rings (SSSR count). The first kappa shape index (κ1) is 17.1. The van der Waals surface area contributed by atoms with Gasteiger partial charge in [-0.3, -0.25) is 14.2 Å². The van der Waals surface area contributed by atoms with Gasteiger partial charge in [-0.15, -0.1) is 0 Å². The second kappa shape index (κ2) is 6.56. The van der Waals surface area contributed by atoms with Crippen LogP contribution in [0.1, 0.15) is 22.5 Å². The van der Waals surface area contributed by atoms with E-state index in [-0.39, 0.29) is 5.91 Å². The minimum Gasteiger partial charge on any atom is -0.337 e. The topological polar surface area (TPSA) is 53.7 Å². The molecule has 4 heterocycles. The summed E-state index contributed by atoms with van der Waals surface area (Å²) in [6, 6.07) is 12.1. The molecule has 1 aromatic carbocycles. The summed E-state index contributed by atoms with van der Waals surface area (Å²) in [5, 5.41) is 0.955. The van der Waals surface area contributed by atoms with Gasteiger partial charge in [0.15, 0.2) is 5.65 Å². The van der Waals surface area contributed by atoms with E-state index in [1.54, 1.807) is 0 Å². The number of hydrogen-bond donors (Lipinski definition) is 0. The molecule has 0 unspecified atom stereocenters. The lowest BCUT2D eigenvalue weighted by molar-refractivity contribution is 0.0764. The van der Waals surface area contributed by atoms with E-state index in [2.05, 4.69) is 33.5 Å². The van der Waals surface area contributed by atoms with Crippen molar-refractivity contribution < 1.29 is 4.79 Å². The number of rotatable bonds is 1. The number of para-hydroxylation sites is 2. The number of imidazole rings is 1. The number of hydrogen-bond acceptors (Lipinski definition) is 4. The first-order valence-corrected chi connectivity index (χ1v) is 9.76. The SMILES string of the molecule is Cc1cc2c(cn1)cc(C(=O)N1CCCN(C)CC1)c1nc3ccccc3n12. The molecule has 1 fully saturated rings. The molecule has 0 aliphatic carbocycles. The smallest absolute Gasteiger partial charge is 0.257 e. The van der Waals surface area contributed by atoms with Crippen molar-refractivity contribution in [2.45, 2.75) is 13.3 Å². The van der Waals surface area contributed by atoms with Gasteiger partial charge in [0.2, 0.25) is 0 Å². The zero-order valence-corrected chi connectivity index (χ0v) is 16.2. The Labute approximate surface area is 163 Å². The summed E-state index contributed by atoms with van der Waals surface area (Å²) in [5.41, 5.74) is 5.26. The molecule has 0 radical (unpaired) electrons. The van der Waals surface area contributed by atoms with Crippen molar-refractivity contribution in [2.75, 3.05) is 33.2 Å². The van der Waals surface area contributed by atoms with Crippen molar-refractivity contribution >= 4 is 33.5 Å². The molecular weight excluding hydrogens is 350 g/mol. The third-order valence-corrected chi connectivity index (χ3v) is 5.63. The van der Waals surface area contributed by atoms with E-state index in [4.69, 9.17) is 4.98 Å². The van der Waals surface area contributed by atoms with Gasteiger partial charge >= 0.3 is 0 Å². The zero-order valence-electron chi connectivity index (χ0n) is 16.2. The molecule has 1 aliphatic heterocycles. The Morgan fingerprint density at radius 2 is 1.89 bits per heavy atom. The second-order valence-corrected chi connectivity index (χ2v) is 7.65. The van der Waals surface area contributed by atoms with Crippen molar-refractivity contribution in [3.8, 4) is 0 Å². The average Bonchev–Trinajstić information content (AvgIpc) is 2.96. The number of aromatic nitrogens is 3. The fraction of sp³-hybridized carbons (Fsp3) is 0.318. The summed E-state index contributed by atoms with van der Waals surface area (Å²) in [6.45, 7) is 5.42. The van der Waals surface area contributed by atoms with Crippen LogP contribution < -0.4 is 0 Å². The number of carbonyl (C=O) groups is 1. The molecule has 3 aromatic heterocycles. The number of nitrogens with zero attached hydrogens (tertiary/aromatic N) is 5. The lowest BCUT2D eigenvalue weighted by atomic mass is 10.1. The molecule has 6 heteroatoms. The molecule has 1 aliphatic rings. The van der Waals surface area contributed by atoms with Gasteiger partial charge in [0.05, 0.1) is 22.1 Å². The molecule has 0 saturated carbocycles. The predicted molar refractivity (Wildman–Crippen MR) is 111 cm³/mol. The van der Waals surface area contributed by atoms with E-state index in [9.17, 15) is 4.79 Å². The molecular formula is C22H23N5O. The second-order valence-electron chi connectivity index (χ2n) is 7.65. The third kappa shape index (κ3) is 2.72. The largest absolute Gasteiger partial charge is 0.337 e. The van der Waals surface area contributed by atoms with Crippen LogP contribution in [-0.4, -0.2) is 63.3 Å². The van der Waals surface area contributed by atoms with Crippen LogP contribution in [0.25, 0.3) is 27.6 Å². The number of benzene rings is 1. The van der Waals surface area contributed by atoms with Gasteiger partial charge in [0.1, 0.15) is 0 Å². The van der Waals surface area contributed by atoms with E-state index in [0.717, 1.165) is 65.9 Å². The summed E-state index contributed by atoms with van der Waals surface area (Å²) < 4.78 is 2.11. The Morgan fingerprint density at radius 1 is 1.04 bits per heavy atom. The first-order chi connectivity index (χ1) is 13.6. The van der Waals surface area contributed by atoms with Crippen LogP contribution in [0.4, 0.5) is 0 Å². The Hall–Kier alpha value is -2.99. The molecule has 0 atom stereocenters. The van der Waals surface area contributed by atoms with Crippen molar-refractivity contribution in [1.29, 1.82) is 0 Å². The average molecular weight is 373 g/mol. The number of pyridine rings is 2. The fourth-order valence-electron chi connectivity index (χ4n) is 4.11. The molecule has 0 spiro atoms. The highest BCUT2D eigenvalue weighted by molar-refractivity contribution is 6.06. The van der Waals surface area contributed by atoms with Gasteiger partial charge in [-0.1, -0.05) is 12.1 Å². The number of fused-ring (bicyclic) bond motifs is 5. The molecule has 1 amide bonds. The molecule has 1 saturated heterocycles. The normalized spacial score (nSPS) is 16.1. The van der Waals surface area contributed by atoms with Crippen LogP contribution in [0.5, 0.6) is 0 Å². The van der Waals surface area contributed by atoms with Crippen LogP contribution in [-0.2, 0) is 0 Å². The Balaban J connectivity index is 1.76. The zero-order chi connectivity index (χ0) is 19.3. The number of likely N-dealkylation sites (N-methyl/N-ethyl adjacent to an activating group) is 1.